The van der Waals surface area contributed by atoms with Gasteiger partial charge in [0.15, 0.2) is 0 Å². The van der Waals surface area contributed by atoms with Crippen molar-refractivity contribution in [2.75, 3.05) is 12.0 Å². The van der Waals surface area contributed by atoms with Crippen LogP contribution in [0.2, 0.25) is 0 Å². The molecule has 1 heterocycles. The fourth-order valence-corrected chi connectivity index (χ4v) is 2.64. The number of carbonyl (C=O) groups excluding carboxylic acids is 1. The first-order chi connectivity index (χ1) is 10.2. The number of hydrogen-bond acceptors (Lipinski definition) is 4. The summed E-state index contributed by atoms with van der Waals surface area (Å²) in [5, 5.41) is 1.89. The molecule has 21 heavy (non-hydrogen) atoms. The lowest BCUT2D eigenvalue weighted by molar-refractivity contribution is 0.0737. The SMILES string of the molecule is CCCN(C(=O)c1cc2ccccc2c(NN)n1)C1CC1. The Morgan fingerprint density at radius 2 is 2.19 bits per heavy atom. The number of carbonyl (C=O) groups is 1. The van der Waals surface area contributed by atoms with Gasteiger partial charge >= 0.3 is 0 Å². The molecule has 0 atom stereocenters. The summed E-state index contributed by atoms with van der Waals surface area (Å²) in [7, 11) is 0. The highest BCUT2D eigenvalue weighted by atomic mass is 16.2. The van der Waals surface area contributed by atoms with Crippen LogP contribution < -0.4 is 11.3 Å². The number of nitrogens with zero attached hydrogens (tertiary/aromatic N) is 2. The molecule has 0 unspecified atom stereocenters. The molecule has 3 rings (SSSR count). The lowest BCUT2D eigenvalue weighted by Crippen LogP contribution is -2.34. The third-order valence-electron chi connectivity index (χ3n) is 3.81. The van der Waals surface area contributed by atoms with E-state index in [1.165, 1.54) is 0 Å². The lowest BCUT2D eigenvalue weighted by Gasteiger charge is -2.21. The standard InChI is InChI=1S/C16H20N4O/c1-2-9-20(12-7-8-12)16(21)14-10-11-5-3-4-6-13(11)15(18-14)19-17/h3-6,10,12H,2,7-9,17H2,1H3,(H,18,19). The second kappa shape index (κ2) is 5.69. The first-order valence-corrected chi connectivity index (χ1v) is 7.42. The van der Waals surface area contributed by atoms with E-state index in [-0.39, 0.29) is 5.91 Å². The number of fused-ring (bicyclic) bond motifs is 1. The van der Waals surface area contributed by atoms with Gasteiger partial charge in [0.05, 0.1) is 0 Å². The van der Waals surface area contributed by atoms with E-state index in [9.17, 15) is 4.79 Å². The van der Waals surface area contributed by atoms with Crippen molar-refractivity contribution in [3.63, 3.8) is 0 Å². The molecule has 3 N–H and O–H groups in total. The highest BCUT2D eigenvalue weighted by Gasteiger charge is 2.33. The van der Waals surface area contributed by atoms with Crippen LogP contribution in [0.5, 0.6) is 0 Å². The monoisotopic (exact) mass is 284 g/mol. The molecule has 0 spiro atoms. The van der Waals surface area contributed by atoms with Crippen LogP contribution in [0, 0.1) is 0 Å². The number of nitrogen functional groups attached to an aromatic ring is 1. The number of benzene rings is 1. The van der Waals surface area contributed by atoms with E-state index in [4.69, 9.17) is 5.84 Å². The molecule has 0 bridgehead atoms. The molecule has 5 nitrogen and oxygen atoms in total. The highest BCUT2D eigenvalue weighted by Crippen LogP contribution is 2.29. The van der Waals surface area contributed by atoms with Crippen molar-refractivity contribution in [1.82, 2.24) is 9.88 Å². The van der Waals surface area contributed by atoms with Crippen LogP contribution in [-0.2, 0) is 0 Å². The first-order valence-electron chi connectivity index (χ1n) is 7.42. The molecule has 1 aliphatic rings. The van der Waals surface area contributed by atoms with Gasteiger partial charge in [0.25, 0.3) is 5.91 Å². The number of rotatable bonds is 5. The van der Waals surface area contributed by atoms with Crippen LogP contribution in [0.3, 0.4) is 0 Å². The van der Waals surface area contributed by atoms with Gasteiger partial charge in [-0.05, 0) is 30.7 Å². The van der Waals surface area contributed by atoms with Gasteiger partial charge in [0.2, 0.25) is 0 Å². The molecule has 1 aromatic carbocycles. The lowest BCUT2D eigenvalue weighted by atomic mass is 10.1. The summed E-state index contributed by atoms with van der Waals surface area (Å²) < 4.78 is 0. The Kier molecular flexibility index (Phi) is 3.75. The third-order valence-corrected chi connectivity index (χ3v) is 3.81. The molecular weight excluding hydrogens is 264 g/mol. The van der Waals surface area contributed by atoms with E-state index in [1.807, 2.05) is 35.2 Å². The van der Waals surface area contributed by atoms with Crippen LogP contribution in [0.15, 0.2) is 30.3 Å². The smallest absolute Gasteiger partial charge is 0.272 e. The zero-order valence-electron chi connectivity index (χ0n) is 12.2. The number of aromatic nitrogens is 1. The molecule has 0 saturated heterocycles. The van der Waals surface area contributed by atoms with Gasteiger partial charge in [-0.25, -0.2) is 10.8 Å². The maximum atomic E-state index is 12.7. The number of amides is 1. The minimum atomic E-state index is 0.00148. The fraction of sp³-hybridized carbons (Fsp3) is 0.375. The van der Waals surface area contributed by atoms with Gasteiger partial charge in [0, 0.05) is 18.0 Å². The number of hydrazine groups is 1. The Balaban J connectivity index is 2.01. The average molecular weight is 284 g/mol. The highest BCUT2D eigenvalue weighted by molar-refractivity contribution is 6.00. The fourth-order valence-electron chi connectivity index (χ4n) is 2.64. The van der Waals surface area contributed by atoms with Gasteiger partial charge in [0.1, 0.15) is 11.5 Å². The molecule has 0 aliphatic heterocycles. The minimum absolute atomic E-state index is 0.00148. The summed E-state index contributed by atoms with van der Waals surface area (Å²) in [4.78, 5) is 19.1. The minimum Gasteiger partial charge on any atom is -0.334 e. The molecule has 1 amide bonds. The van der Waals surface area contributed by atoms with Gasteiger partial charge in [-0.1, -0.05) is 31.2 Å². The second-order valence-electron chi connectivity index (χ2n) is 5.45. The van der Waals surface area contributed by atoms with Crippen molar-refractivity contribution in [1.29, 1.82) is 0 Å². The summed E-state index contributed by atoms with van der Waals surface area (Å²) >= 11 is 0. The second-order valence-corrected chi connectivity index (χ2v) is 5.45. The van der Waals surface area contributed by atoms with Crippen LogP contribution in [-0.4, -0.2) is 28.4 Å². The summed E-state index contributed by atoms with van der Waals surface area (Å²) in [5.74, 6) is 6.10. The Bertz CT molecular complexity index is 666. The molecule has 5 heteroatoms. The topological polar surface area (TPSA) is 71.2 Å². The molecule has 1 fully saturated rings. The third kappa shape index (κ3) is 2.69. The number of nitrogens with one attached hydrogen (secondary N) is 1. The normalized spacial score (nSPS) is 14.2. The molecule has 2 aromatic rings. The number of nitrogens with two attached hydrogens (primary N) is 1. The van der Waals surface area contributed by atoms with Crippen molar-refractivity contribution in [2.45, 2.75) is 32.2 Å². The summed E-state index contributed by atoms with van der Waals surface area (Å²) in [6, 6.07) is 10.0. The first kappa shape index (κ1) is 13.8. The zero-order valence-corrected chi connectivity index (χ0v) is 12.2. The molecule has 1 aliphatic carbocycles. The molecule has 1 saturated carbocycles. The summed E-state index contributed by atoms with van der Waals surface area (Å²) in [6.45, 7) is 2.87. The number of hydrogen-bond donors (Lipinski definition) is 2. The van der Waals surface area contributed by atoms with Gasteiger partial charge < -0.3 is 10.3 Å². The van der Waals surface area contributed by atoms with E-state index < -0.39 is 0 Å². The van der Waals surface area contributed by atoms with Crippen LogP contribution in [0.4, 0.5) is 5.82 Å². The Labute approximate surface area is 124 Å². The Morgan fingerprint density at radius 1 is 1.43 bits per heavy atom. The molecular formula is C16H20N4O. The predicted molar refractivity (Wildman–Crippen MR) is 83.9 cm³/mol. The molecule has 110 valence electrons. The van der Waals surface area contributed by atoms with Crippen LogP contribution in [0.1, 0.15) is 36.7 Å². The maximum Gasteiger partial charge on any atom is 0.272 e. The average Bonchev–Trinajstić information content (AvgIpc) is 3.35. The molecule has 1 aromatic heterocycles. The predicted octanol–water partition coefficient (Wildman–Crippen LogP) is 2.54. The quantitative estimate of drug-likeness (QED) is 0.654. The van der Waals surface area contributed by atoms with E-state index in [2.05, 4.69) is 17.3 Å². The molecule has 0 radical (unpaired) electrons. The van der Waals surface area contributed by atoms with E-state index in [1.54, 1.807) is 0 Å². The van der Waals surface area contributed by atoms with Crippen molar-refractivity contribution in [3.05, 3.63) is 36.0 Å². The van der Waals surface area contributed by atoms with Gasteiger partial charge in [-0.2, -0.15) is 0 Å². The largest absolute Gasteiger partial charge is 0.334 e. The Morgan fingerprint density at radius 3 is 2.86 bits per heavy atom. The van der Waals surface area contributed by atoms with E-state index in [0.29, 0.717) is 17.6 Å². The van der Waals surface area contributed by atoms with E-state index >= 15 is 0 Å². The van der Waals surface area contributed by atoms with Crippen molar-refractivity contribution < 1.29 is 4.79 Å². The summed E-state index contributed by atoms with van der Waals surface area (Å²) in [5.41, 5.74) is 3.06. The maximum absolute atomic E-state index is 12.7. The Hall–Kier alpha value is -2.14. The van der Waals surface area contributed by atoms with Gasteiger partial charge in [-0.3, -0.25) is 4.79 Å². The number of pyridine rings is 1. The number of anilines is 1. The van der Waals surface area contributed by atoms with Crippen molar-refractivity contribution >= 4 is 22.5 Å². The van der Waals surface area contributed by atoms with E-state index in [0.717, 1.165) is 36.6 Å². The zero-order chi connectivity index (χ0) is 14.8. The van der Waals surface area contributed by atoms with Gasteiger partial charge in [-0.15, -0.1) is 0 Å². The van der Waals surface area contributed by atoms with Crippen LogP contribution in [0.25, 0.3) is 10.8 Å². The van der Waals surface area contributed by atoms with Crippen molar-refractivity contribution in [3.8, 4) is 0 Å². The van der Waals surface area contributed by atoms with Crippen LogP contribution >= 0.6 is 0 Å². The van der Waals surface area contributed by atoms with Crippen molar-refractivity contribution in [2.24, 2.45) is 5.84 Å². The summed E-state index contributed by atoms with van der Waals surface area (Å²) in [6.07, 6.45) is 3.15.